The molecule has 2 N–H and O–H groups in total. The van der Waals surface area contributed by atoms with Crippen LogP contribution >= 0.6 is 11.6 Å². The van der Waals surface area contributed by atoms with Gasteiger partial charge in [0.2, 0.25) is 0 Å². The van der Waals surface area contributed by atoms with Crippen molar-refractivity contribution in [1.29, 1.82) is 0 Å². The summed E-state index contributed by atoms with van der Waals surface area (Å²) in [6, 6.07) is 22.3. The van der Waals surface area contributed by atoms with E-state index in [4.69, 9.17) is 16.3 Å². The summed E-state index contributed by atoms with van der Waals surface area (Å²) < 4.78 is 5.74. The van der Waals surface area contributed by atoms with E-state index in [1.165, 1.54) is 12.3 Å². The molecule has 0 aliphatic heterocycles. The Bertz CT molecular complexity index is 849. The molecule has 0 radical (unpaired) electrons. The zero-order chi connectivity index (χ0) is 17.5. The van der Waals surface area contributed by atoms with E-state index in [9.17, 15) is 5.11 Å². The first-order valence-corrected chi connectivity index (χ1v) is 8.13. The lowest BCUT2D eigenvalue weighted by Crippen LogP contribution is -1.95. The van der Waals surface area contributed by atoms with Gasteiger partial charge in [0, 0.05) is 10.6 Å². The Labute approximate surface area is 151 Å². The van der Waals surface area contributed by atoms with E-state index in [1.54, 1.807) is 12.1 Å². The first-order valence-electron chi connectivity index (χ1n) is 7.75. The molecule has 0 fully saturated rings. The van der Waals surface area contributed by atoms with Crippen LogP contribution in [0.1, 0.15) is 11.1 Å². The summed E-state index contributed by atoms with van der Waals surface area (Å²) in [5, 5.41) is 14.4. The third kappa shape index (κ3) is 4.99. The van der Waals surface area contributed by atoms with Gasteiger partial charge in [-0.1, -0.05) is 41.9 Å². The fourth-order valence-corrected chi connectivity index (χ4v) is 2.35. The maximum Gasteiger partial charge on any atom is 0.124 e. The number of anilines is 1. The van der Waals surface area contributed by atoms with Crippen molar-refractivity contribution in [3.63, 3.8) is 0 Å². The van der Waals surface area contributed by atoms with Crippen LogP contribution in [0.2, 0.25) is 5.02 Å². The monoisotopic (exact) mass is 352 g/mol. The van der Waals surface area contributed by atoms with Gasteiger partial charge in [-0.3, -0.25) is 5.43 Å². The van der Waals surface area contributed by atoms with Crippen LogP contribution in [-0.4, -0.2) is 11.3 Å². The molecule has 0 aromatic heterocycles. The van der Waals surface area contributed by atoms with Crippen LogP contribution in [0.15, 0.2) is 77.9 Å². The summed E-state index contributed by atoms with van der Waals surface area (Å²) in [4.78, 5) is 0. The molecule has 4 nitrogen and oxygen atoms in total. The highest BCUT2D eigenvalue weighted by molar-refractivity contribution is 6.30. The molecular weight excluding hydrogens is 336 g/mol. The maximum absolute atomic E-state index is 9.73. The molecule has 0 heterocycles. The van der Waals surface area contributed by atoms with Crippen LogP contribution in [0.5, 0.6) is 11.5 Å². The van der Waals surface area contributed by atoms with Crippen LogP contribution in [0.25, 0.3) is 0 Å². The summed E-state index contributed by atoms with van der Waals surface area (Å²) >= 11 is 5.90. The molecule has 0 spiro atoms. The van der Waals surface area contributed by atoms with E-state index < -0.39 is 0 Å². The van der Waals surface area contributed by atoms with Gasteiger partial charge in [0.05, 0.1) is 11.9 Å². The zero-order valence-electron chi connectivity index (χ0n) is 13.4. The standard InChI is InChI=1S/C20H17ClN2O2/c21-17-6-11-20(24)16(12-17)13-22-23-18-7-9-19(10-8-18)25-14-15-4-2-1-3-5-15/h1-13,23-24H,14H2/b22-13+. The van der Waals surface area contributed by atoms with Crippen LogP contribution in [-0.2, 0) is 6.61 Å². The van der Waals surface area contributed by atoms with Gasteiger partial charge < -0.3 is 9.84 Å². The highest BCUT2D eigenvalue weighted by Crippen LogP contribution is 2.20. The molecule has 25 heavy (non-hydrogen) atoms. The van der Waals surface area contributed by atoms with Crippen molar-refractivity contribution >= 4 is 23.5 Å². The van der Waals surface area contributed by atoms with Crippen molar-refractivity contribution in [1.82, 2.24) is 0 Å². The number of halogens is 1. The first kappa shape index (κ1) is 16.9. The lowest BCUT2D eigenvalue weighted by atomic mass is 10.2. The summed E-state index contributed by atoms with van der Waals surface area (Å²) in [6.45, 7) is 0.528. The average Bonchev–Trinajstić information content (AvgIpc) is 2.65. The van der Waals surface area contributed by atoms with E-state index in [0.29, 0.717) is 17.2 Å². The second-order valence-corrected chi connectivity index (χ2v) is 5.81. The predicted molar refractivity (Wildman–Crippen MR) is 102 cm³/mol. The molecule has 0 aliphatic carbocycles. The molecule has 0 amide bonds. The number of phenolic OH excluding ortho intramolecular Hbond substituents is 1. The van der Waals surface area contributed by atoms with Crippen LogP contribution in [0.3, 0.4) is 0 Å². The number of hydrogen-bond donors (Lipinski definition) is 2. The summed E-state index contributed by atoms with van der Waals surface area (Å²) in [5.41, 5.74) is 5.38. The highest BCUT2D eigenvalue weighted by Gasteiger charge is 1.99. The molecule has 0 unspecified atom stereocenters. The summed E-state index contributed by atoms with van der Waals surface area (Å²) in [5.74, 6) is 0.908. The van der Waals surface area contributed by atoms with E-state index in [2.05, 4.69) is 10.5 Å². The predicted octanol–water partition coefficient (Wildman–Crippen LogP) is 5.07. The first-order chi connectivity index (χ1) is 12.2. The van der Waals surface area contributed by atoms with Crippen molar-refractivity contribution in [3.05, 3.63) is 88.9 Å². The van der Waals surface area contributed by atoms with E-state index in [1.807, 2.05) is 54.6 Å². The number of hydrazone groups is 1. The smallest absolute Gasteiger partial charge is 0.124 e. The quantitative estimate of drug-likeness (QED) is 0.481. The second-order valence-electron chi connectivity index (χ2n) is 5.37. The van der Waals surface area contributed by atoms with Gasteiger partial charge in [0.1, 0.15) is 18.1 Å². The Morgan fingerprint density at radius 2 is 1.76 bits per heavy atom. The zero-order valence-corrected chi connectivity index (χ0v) is 14.1. The van der Waals surface area contributed by atoms with Gasteiger partial charge in [-0.15, -0.1) is 0 Å². The van der Waals surface area contributed by atoms with Crippen molar-refractivity contribution < 1.29 is 9.84 Å². The molecule has 3 rings (SSSR count). The van der Waals surface area contributed by atoms with Crippen molar-refractivity contribution in [2.24, 2.45) is 5.10 Å². The fraction of sp³-hybridized carbons (Fsp3) is 0.0500. The minimum Gasteiger partial charge on any atom is -0.507 e. The van der Waals surface area contributed by atoms with Gasteiger partial charge >= 0.3 is 0 Å². The van der Waals surface area contributed by atoms with Gasteiger partial charge in [0.25, 0.3) is 0 Å². The van der Waals surface area contributed by atoms with E-state index in [-0.39, 0.29) is 5.75 Å². The lowest BCUT2D eigenvalue weighted by Gasteiger charge is -2.07. The molecule has 5 heteroatoms. The third-order valence-corrected chi connectivity index (χ3v) is 3.72. The second kappa shape index (κ2) is 8.22. The van der Waals surface area contributed by atoms with Gasteiger partial charge in [-0.25, -0.2) is 0 Å². The topological polar surface area (TPSA) is 53.9 Å². The van der Waals surface area contributed by atoms with Crippen molar-refractivity contribution in [2.75, 3.05) is 5.43 Å². The highest BCUT2D eigenvalue weighted by atomic mass is 35.5. The SMILES string of the molecule is Oc1ccc(Cl)cc1/C=N/Nc1ccc(OCc2ccccc2)cc1. The van der Waals surface area contributed by atoms with Crippen LogP contribution < -0.4 is 10.2 Å². The maximum atomic E-state index is 9.73. The average molecular weight is 353 g/mol. The number of hydrogen-bond acceptors (Lipinski definition) is 4. The number of rotatable bonds is 6. The van der Waals surface area contributed by atoms with Crippen molar-refractivity contribution in [3.8, 4) is 11.5 Å². The molecule has 0 aliphatic rings. The number of benzene rings is 3. The fourth-order valence-electron chi connectivity index (χ4n) is 2.17. The van der Waals surface area contributed by atoms with E-state index >= 15 is 0 Å². The van der Waals surface area contributed by atoms with Crippen LogP contribution in [0, 0.1) is 0 Å². The lowest BCUT2D eigenvalue weighted by molar-refractivity contribution is 0.306. The molecule has 0 saturated carbocycles. The molecule has 3 aromatic rings. The summed E-state index contributed by atoms with van der Waals surface area (Å²) in [6.07, 6.45) is 1.51. The number of nitrogens with zero attached hydrogens (tertiary/aromatic N) is 1. The molecular formula is C20H17ClN2O2. The van der Waals surface area contributed by atoms with Crippen LogP contribution in [0.4, 0.5) is 5.69 Å². The molecule has 0 atom stereocenters. The molecule has 3 aromatic carbocycles. The van der Waals surface area contributed by atoms with E-state index in [0.717, 1.165) is 17.0 Å². The molecule has 126 valence electrons. The number of ether oxygens (including phenoxy) is 1. The largest absolute Gasteiger partial charge is 0.507 e. The number of phenols is 1. The third-order valence-electron chi connectivity index (χ3n) is 3.49. The Kier molecular flexibility index (Phi) is 5.54. The Morgan fingerprint density at radius 1 is 1.00 bits per heavy atom. The molecule has 0 bridgehead atoms. The Balaban J connectivity index is 1.55. The minimum atomic E-state index is 0.125. The Hall–Kier alpha value is -2.98. The van der Waals surface area contributed by atoms with Gasteiger partial charge in [-0.05, 0) is 48.0 Å². The summed E-state index contributed by atoms with van der Waals surface area (Å²) in [7, 11) is 0. The number of nitrogens with one attached hydrogen (secondary N) is 1. The normalized spacial score (nSPS) is 10.8. The van der Waals surface area contributed by atoms with Crippen molar-refractivity contribution in [2.45, 2.75) is 6.61 Å². The molecule has 0 saturated heterocycles. The minimum absolute atomic E-state index is 0.125. The Morgan fingerprint density at radius 3 is 2.52 bits per heavy atom. The van der Waals surface area contributed by atoms with Gasteiger partial charge in [-0.2, -0.15) is 5.10 Å². The van der Waals surface area contributed by atoms with Gasteiger partial charge in [0.15, 0.2) is 0 Å². The number of aromatic hydroxyl groups is 1.